The van der Waals surface area contributed by atoms with Gasteiger partial charge in [0.15, 0.2) is 0 Å². The number of aliphatic hydroxyl groups excluding tert-OH is 1. The maximum Gasteiger partial charge on any atom is 0.0687 e. The first-order valence-corrected chi connectivity index (χ1v) is 8.63. The van der Waals surface area contributed by atoms with Gasteiger partial charge >= 0.3 is 0 Å². The van der Waals surface area contributed by atoms with Crippen molar-refractivity contribution in [3.63, 3.8) is 0 Å². The van der Waals surface area contributed by atoms with Crippen molar-refractivity contribution in [3.8, 4) is 0 Å². The predicted molar refractivity (Wildman–Crippen MR) is 85.8 cm³/mol. The standard InChI is InChI=1S/C18H25ClO2/c19-16-6-4-5-14(11-16)15(13-20)12-17-7-10-18(21-17)8-2-1-3-9-18/h4-6,11,15,17,20H,1-3,7-10,12-13H2. The van der Waals surface area contributed by atoms with Crippen LogP contribution in [-0.2, 0) is 4.74 Å². The van der Waals surface area contributed by atoms with Crippen molar-refractivity contribution in [1.82, 2.24) is 0 Å². The van der Waals surface area contributed by atoms with E-state index in [0.29, 0.717) is 6.10 Å². The van der Waals surface area contributed by atoms with Crippen molar-refractivity contribution in [1.29, 1.82) is 0 Å². The molecule has 1 N–H and O–H groups in total. The van der Waals surface area contributed by atoms with Gasteiger partial charge in [-0.05, 0) is 49.8 Å². The molecular weight excluding hydrogens is 284 g/mol. The number of benzene rings is 1. The number of hydrogen-bond donors (Lipinski definition) is 1. The van der Waals surface area contributed by atoms with E-state index in [4.69, 9.17) is 16.3 Å². The molecule has 3 heteroatoms. The number of ether oxygens (including phenoxy) is 1. The van der Waals surface area contributed by atoms with Crippen LogP contribution in [0.4, 0.5) is 0 Å². The maximum atomic E-state index is 9.73. The highest BCUT2D eigenvalue weighted by molar-refractivity contribution is 6.30. The Morgan fingerprint density at radius 1 is 1.24 bits per heavy atom. The van der Waals surface area contributed by atoms with Gasteiger partial charge in [-0.1, -0.05) is 43.0 Å². The average molecular weight is 309 g/mol. The van der Waals surface area contributed by atoms with Crippen molar-refractivity contribution in [3.05, 3.63) is 34.9 Å². The van der Waals surface area contributed by atoms with Crippen molar-refractivity contribution in [2.24, 2.45) is 0 Å². The second-order valence-electron chi connectivity index (χ2n) is 6.69. The molecule has 2 atom stereocenters. The molecule has 2 nitrogen and oxygen atoms in total. The summed E-state index contributed by atoms with van der Waals surface area (Å²) in [4.78, 5) is 0. The average Bonchev–Trinajstić information content (AvgIpc) is 2.88. The van der Waals surface area contributed by atoms with Gasteiger partial charge in [0, 0.05) is 10.9 Å². The van der Waals surface area contributed by atoms with Crippen LogP contribution in [0.25, 0.3) is 0 Å². The second-order valence-corrected chi connectivity index (χ2v) is 7.13. The molecule has 0 radical (unpaired) electrons. The van der Waals surface area contributed by atoms with Crippen LogP contribution in [0.15, 0.2) is 24.3 Å². The van der Waals surface area contributed by atoms with Gasteiger partial charge in [0.1, 0.15) is 0 Å². The van der Waals surface area contributed by atoms with E-state index < -0.39 is 0 Å². The summed E-state index contributed by atoms with van der Waals surface area (Å²) in [6.45, 7) is 0.160. The first-order chi connectivity index (χ1) is 10.2. The zero-order valence-corrected chi connectivity index (χ0v) is 13.3. The van der Waals surface area contributed by atoms with Crippen LogP contribution in [0.2, 0.25) is 5.02 Å². The fraction of sp³-hybridized carbons (Fsp3) is 0.667. The summed E-state index contributed by atoms with van der Waals surface area (Å²) in [5, 5.41) is 10.5. The highest BCUT2D eigenvalue weighted by Crippen LogP contribution is 2.44. The Hall–Kier alpha value is -0.570. The van der Waals surface area contributed by atoms with Gasteiger partial charge in [-0.25, -0.2) is 0 Å². The fourth-order valence-corrected chi connectivity index (χ4v) is 4.22. The molecule has 1 saturated carbocycles. The van der Waals surface area contributed by atoms with E-state index in [1.54, 1.807) is 0 Å². The molecule has 1 aromatic rings. The highest BCUT2D eigenvalue weighted by atomic mass is 35.5. The molecule has 2 fully saturated rings. The number of aliphatic hydroxyl groups is 1. The minimum Gasteiger partial charge on any atom is -0.396 e. The predicted octanol–water partition coefficient (Wildman–Crippen LogP) is 4.69. The lowest BCUT2D eigenvalue weighted by Crippen LogP contribution is -2.32. The van der Waals surface area contributed by atoms with Gasteiger partial charge in [-0.3, -0.25) is 0 Å². The molecule has 1 saturated heterocycles. The largest absolute Gasteiger partial charge is 0.396 e. The van der Waals surface area contributed by atoms with Crippen LogP contribution in [0.3, 0.4) is 0 Å². The fourth-order valence-electron chi connectivity index (χ4n) is 4.02. The third kappa shape index (κ3) is 3.61. The molecule has 0 bridgehead atoms. The summed E-state index contributed by atoms with van der Waals surface area (Å²) in [6, 6.07) is 7.85. The Labute approximate surface area is 132 Å². The summed E-state index contributed by atoms with van der Waals surface area (Å²) >= 11 is 6.07. The van der Waals surface area contributed by atoms with E-state index in [-0.39, 0.29) is 18.1 Å². The normalized spacial score (nSPS) is 26.1. The summed E-state index contributed by atoms with van der Waals surface area (Å²) in [5.74, 6) is 0.132. The van der Waals surface area contributed by atoms with Crippen LogP contribution in [-0.4, -0.2) is 23.4 Å². The van der Waals surface area contributed by atoms with Gasteiger partial charge in [0.2, 0.25) is 0 Å². The lowest BCUT2D eigenvalue weighted by atomic mass is 9.83. The molecule has 1 aliphatic carbocycles. The lowest BCUT2D eigenvalue weighted by molar-refractivity contribution is -0.0685. The lowest BCUT2D eigenvalue weighted by Gasteiger charge is -2.33. The molecule has 21 heavy (non-hydrogen) atoms. The molecule has 0 amide bonds. The molecule has 116 valence electrons. The molecule has 1 spiro atoms. The molecule has 2 unspecified atom stereocenters. The SMILES string of the molecule is OCC(CC1CCC2(CCCCC2)O1)c1cccc(Cl)c1. The molecule has 1 heterocycles. The van der Waals surface area contributed by atoms with Crippen molar-refractivity contribution >= 4 is 11.6 Å². The minimum atomic E-state index is 0.132. The quantitative estimate of drug-likeness (QED) is 0.874. The third-order valence-electron chi connectivity index (χ3n) is 5.19. The Morgan fingerprint density at radius 3 is 2.76 bits per heavy atom. The Kier molecular flexibility index (Phi) is 4.88. The first-order valence-electron chi connectivity index (χ1n) is 8.25. The summed E-state index contributed by atoms with van der Waals surface area (Å²) in [7, 11) is 0. The second kappa shape index (κ2) is 6.68. The Bertz CT molecular complexity index is 468. The van der Waals surface area contributed by atoms with Crippen LogP contribution >= 0.6 is 11.6 Å². The van der Waals surface area contributed by atoms with Crippen molar-refractivity contribution in [2.75, 3.05) is 6.61 Å². The highest BCUT2D eigenvalue weighted by Gasteiger charge is 2.41. The van der Waals surface area contributed by atoms with Crippen LogP contribution < -0.4 is 0 Å². The van der Waals surface area contributed by atoms with Crippen molar-refractivity contribution in [2.45, 2.75) is 69.0 Å². The van der Waals surface area contributed by atoms with Gasteiger partial charge in [-0.15, -0.1) is 0 Å². The number of rotatable bonds is 4. The van der Waals surface area contributed by atoms with Crippen LogP contribution in [0, 0.1) is 0 Å². The Balaban J connectivity index is 1.63. The smallest absolute Gasteiger partial charge is 0.0687 e. The Morgan fingerprint density at radius 2 is 2.05 bits per heavy atom. The van der Waals surface area contributed by atoms with Crippen LogP contribution in [0.5, 0.6) is 0 Å². The summed E-state index contributed by atoms with van der Waals surface area (Å²) in [6.07, 6.45) is 9.96. The zero-order valence-electron chi connectivity index (χ0n) is 12.6. The first kappa shape index (κ1) is 15.3. The van der Waals surface area contributed by atoms with Crippen molar-refractivity contribution < 1.29 is 9.84 Å². The van der Waals surface area contributed by atoms with Gasteiger partial charge < -0.3 is 9.84 Å². The van der Waals surface area contributed by atoms with Gasteiger partial charge in [-0.2, -0.15) is 0 Å². The zero-order chi connectivity index (χ0) is 14.7. The third-order valence-corrected chi connectivity index (χ3v) is 5.43. The monoisotopic (exact) mass is 308 g/mol. The van der Waals surface area contributed by atoms with E-state index >= 15 is 0 Å². The van der Waals surface area contributed by atoms with E-state index in [2.05, 4.69) is 6.07 Å². The number of halogens is 1. The van der Waals surface area contributed by atoms with Crippen LogP contribution in [0.1, 0.15) is 62.8 Å². The molecular formula is C18H25ClO2. The minimum absolute atomic E-state index is 0.132. The van der Waals surface area contributed by atoms with E-state index in [0.717, 1.165) is 23.4 Å². The summed E-state index contributed by atoms with van der Waals surface area (Å²) < 4.78 is 6.43. The van der Waals surface area contributed by atoms with Gasteiger partial charge in [0.25, 0.3) is 0 Å². The maximum absolute atomic E-state index is 9.73. The molecule has 0 aromatic heterocycles. The molecule has 2 aliphatic rings. The topological polar surface area (TPSA) is 29.5 Å². The van der Waals surface area contributed by atoms with Gasteiger partial charge in [0.05, 0.1) is 18.3 Å². The molecule has 3 rings (SSSR count). The van der Waals surface area contributed by atoms with E-state index in [9.17, 15) is 5.11 Å². The molecule has 1 aliphatic heterocycles. The molecule has 1 aromatic carbocycles. The van der Waals surface area contributed by atoms with E-state index in [1.165, 1.54) is 38.5 Å². The summed E-state index contributed by atoms with van der Waals surface area (Å²) in [5.41, 5.74) is 1.29. The number of hydrogen-bond acceptors (Lipinski definition) is 2. The van der Waals surface area contributed by atoms with E-state index in [1.807, 2.05) is 18.2 Å².